The Morgan fingerprint density at radius 3 is 2.36 bits per heavy atom. The number of guanidine groups is 1. The zero-order valence-corrected chi connectivity index (χ0v) is 15.9. The highest BCUT2D eigenvalue weighted by atomic mass is 35.5. The smallest absolute Gasteiger partial charge is 0.214 e. The van der Waals surface area contributed by atoms with E-state index >= 15 is 0 Å². The molecule has 0 saturated carbocycles. The zero-order valence-electron chi connectivity index (χ0n) is 14.3. The maximum atomic E-state index is 6.03. The van der Waals surface area contributed by atoms with E-state index in [-0.39, 0.29) is 5.96 Å². The molecule has 0 atom stereocenters. The number of aliphatic imine (C=N–C) groups is 1. The van der Waals surface area contributed by atoms with Crippen LogP contribution in [-0.4, -0.2) is 11.7 Å². The van der Waals surface area contributed by atoms with Gasteiger partial charge in [-0.1, -0.05) is 53.0 Å². The van der Waals surface area contributed by atoms with E-state index in [1.807, 2.05) is 57.2 Å². The number of nitrogens with one attached hydrogen (secondary N) is 1. The van der Waals surface area contributed by atoms with Crippen LogP contribution >= 0.6 is 23.2 Å². The second-order valence-corrected chi connectivity index (χ2v) is 6.46. The summed E-state index contributed by atoms with van der Waals surface area (Å²) in [5, 5.41) is 5.31. The van der Waals surface area contributed by atoms with Gasteiger partial charge in [0.1, 0.15) is 0 Å². The molecule has 130 valence electrons. The van der Waals surface area contributed by atoms with Crippen molar-refractivity contribution in [3.8, 4) is 0 Å². The highest BCUT2D eigenvalue weighted by Crippen LogP contribution is 2.23. The molecule has 0 aliphatic heterocycles. The predicted molar refractivity (Wildman–Crippen MR) is 109 cm³/mol. The summed E-state index contributed by atoms with van der Waals surface area (Å²) in [4.78, 5) is 4.26. The maximum absolute atomic E-state index is 6.03. The van der Waals surface area contributed by atoms with Gasteiger partial charge in [-0.2, -0.15) is 5.10 Å². The number of allylic oxidation sites excluding steroid dienone is 1. The van der Waals surface area contributed by atoms with E-state index in [4.69, 9.17) is 28.9 Å². The third kappa shape index (κ3) is 5.93. The van der Waals surface area contributed by atoms with E-state index in [0.717, 1.165) is 22.5 Å². The number of rotatable bonds is 4. The minimum atomic E-state index is 0.227. The van der Waals surface area contributed by atoms with E-state index < -0.39 is 0 Å². The van der Waals surface area contributed by atoms with Crippen LogP contribution in [0.5, 0.6) is 0 Å². The van der Waals surface area contributed by atoms with Crippen LogP contribution in [0.2, 0.25) is 10.0 Å². The molecule has 2 aromatic carbocycles. The summed E-state index contributed by atoms with van der Waals surface area (Å²) in [5.74, 6) is 0.227. The molecule has 0 heterocycles. The molecule has 0 fully saturated rings. The number of benzene rings is 2. The standard InChI is InChI=1S/C19H20Cl2N4/c1-12-4-7-16(8-5-12)23-19(22)25-24-14(3)13(2)10-15-6-9-17(20)18(21)11-15/h4-11H,1-3H3,(H3,22,23,25)/b13-10+,24-14+. The van der Waals surface area contributed by atoms with Crippen LogP contribution in [0.1, 0.15) is 25.0 Å². The molecule has 0 aromatic heterocycles. The van der Waals surface area contributed by atoms with Crippen molar-refractivity contribution in [2.45, 2.75) is 20.8 Å². The van der Waals surface area contributed by atoms with Crippen LogP contribution < -0.4 is 11.2 Å². The highest BCUT2D eigenvalue weighted by Gasteiger charge is 2.01. The van der Waals surface area contributed by atoms with Gasteiger partial charge in [0.05, 0.1) is 21.4 Å². The molecular formula is C19H20Cl2N4. The third-order valence-electron chi connectivity index (χ3n) is 3.52. The quantitative estimate of drug-likeness (QED) is 0.432. The number of hydrogen-bond donors (Lipinski definition) is 2. The molecule has 0 saturated heterocycles. The van der Waals surface area contributed by atoms with Crippen LogP contribution in [0.25, 0.3) is 6.08 Å². The molecular weight excluding hydrogens is 355 g/mol. The Kier molecular flexibility index (Phi) is 6.62. The van der Waals surface area contributed by atoms with Crippen molar-refractivity contribution in [3.05, 3.63) is 69.2 Å². The molecule has 2 rings (SSSR count). The van der Waals surface area contributed by atoms with Crippen molar-refractivity contribution >= 4 is 46.6 Å². The first-order chi connectivity index (χ1) is 11.8. The summed E-state index contributed by atoms with van der Waals surface area (Å²) in [6.07, 6.45) is 1.97. The average molecular weight is 375 g/mol. The second kappa shape index (κ2) is 8.70. The lowest BCUT2D eigenvalue weighted by atomic mass is 10.1. The van der Waals surface area contributed by atoms with Crippen LogP contribution in [0, 0.1) is 6.92 Å². The molecule has 25 heavy (non-hydrogen) atoms. The highest BCUT2D eigenvalue weighted by molar-refractivity contribution is 6.42. The summed E-state index contributed by atoms with van der Waals surface area (Å²) in [5.41, 5.74) is 13.3. The molecule has 0 spiro atoms. The van der Waals surface area contributed by atoms with E-state index in [1.165, 1.54) is 5.56 Å². The molecule has 0 aliphatic rings. The van der Waals surface area contributed by atoms with Crippen LogP contribution in [0.15, 0.2) is 58.1 Å². The van der Waals surface area contributed by atoms with Crippen molar-refractivity contribution in [3.63, 3.8) is 0 Å². The Labute approximate surface area is 158 Å². The van der Waals surface area contributed by atoms with Crippen molar-refractivity contribution in [2.24, 2.45) is 15.8 Å². The van der Waals surface area contributed by atoms with E-state index in [2.05, 4.69) is 15.5 Å². The Hall–Kier alpha value is -2.30. The van der Waals surface area contributed by atoms with Crippen molar-refractivity contribution in [1.82, 2.24) is 5.43 Å². The molecule has 4 nitrogen and oxygen atoms in total. The van der Waals surface area contributed by atoms with Gasteiger partial charge in [-0.3, -0.25) is 0 Å². The molecule has 0 radical (unpaired) electrons. The number of nitrogens with two attached hydrogens (primary N) is 1. The minimum Gasteiger partial charge on any atom is -0.368 e. The first kappa shape index (κ1) is 19.0. The van der Waals surface area contributed by atoms with Crippen molar-refractivity contribution < 1.29 is 0 Å². The number of hydrazone groups is 1. The van der Waals surface area contributed by atoms with Gasteiger partial charge in [-0.15, -0.1) is 0 Å². The number of hydrogen-bond acceptors (Lipinski definition) is 2. The summed E-state index contributed by atoms with van der Waals surface area (Å²) in [6, 6.07) is 13.2. The Bertz CT molecular complexity index is 837. The SMILES string of the molecule is CC(=C\c1ccc(Cl)c(Cl)c1)/C(C)=N/NC(N)=Nc1ccc(C)cc1. The molecule has 3 N–H and O–H groups in total. The number of halogens is 2. The van der Waals surface area contributed by atoms with Gasteiger partial charge >= 0.3 is 0 Å². The largest absolute Gasteiger partial charge is 0.368 e. The fraction of sp³-hybridized carbons (Fsp3) is 0.158. The summed E-state index contributed by atoms with van der Waals surface area (Å²) < 4.78 is 0. The fourth-order valence-electron chi connectivity index (χ4n) is 1.97. The Morgan fingerprint density at radius 1 is 1.04 bits per heavy atom. The Balaban J connectivity index is 2.07. The lowest BCUT2D eigenvalue weighted by molar-refractivity contribution is 1.00. The van der Waals surface area contributed by atoms with Gasteiger partial charge < -0.3 is 5.73 Å². The number of aryl methyl sites for hydroxylation is 1. The van der Waals surface area contributed by atoms with Gasteiger partial charge in [0.25, 0.3) is 0 Å². The average Bonchev–Trinajstić information content (AvgIpc) is 2.58. The molecule has 2 aromatic rings. The molecule has 0 bridgehead atoms. The molecule has 6 heteroatoms. The molecule has 0 aliphatic carbocycles. The van der Waals surface area contributed by atoms with E-state index in [1.54, 1.807) is 12.1 Å². The summed E-state index contributed by atoms with van der Waals surface area (Å²) in [7, 11) is 0. The lowest BCUT2D eigenvalue weighted by Crippen LogP contribution is -2.27. The number of nitrogens with zero attached hydrogens (tertiary/aromatic N) is 2. The first-order valence-corrected chi connectivity index (χ1v) is 8.45. The van der Waals surface area contributed by atoms with Crippen LogP contribution in [-0.2, 0) is 0 Å². The predicted octanol–water partition coefficient (Wildman–Crippen LogP) is 5.32. The van der Waals surface area contributed by atoms with Gasteiger partial charge in [-0.05, 0) is 56.2 Å². The summed E-state index contributed by atoms with van der Waals surface area (Å²) in [6.45, 7) is 5.86. The zero-order chi connectivity index (χ0) is 18.4. The monoisotopic (exact) mass is 374 g/mol. The van der Waals surface area contributed by atoms with E-state index in [9.17, 15) is 0 Å². The van der Waals surface area contributed by atoms with Gasteiger partial charge in [0.2, 0.25) is 5.96 Å². The summed E-state index contributed by atoms with van der Waals surface area (Å²) >= 11 is 12.0. The third-order valence-corrected chi connectivity index (χ3v) is 4.26. The second-order valence-electron chi connectivity index (χ2n) is 5.64. The van der Waals surface area contributed by atoms with Gasteiger partial charge in [0, 0.05) is 0 Å². The van der Waals surface area contributed by atoms with Crippen molar-refractivity contribution in [1.29, 1.82) is 0 Å². The Morgan fingerprint density at radius 2 is 1.72 bits per heavy atom. The van der Waals surface area contributed by atoms with Gasteiger partial charge in [0.15, 0.2) is 0 Å². The topological polar surface area (TPSA) is 62.8 Å². The van der Waals surface area contributed by atoms with Gasteiger partial charge in [-0.25, -0.2) is 10.4 Å². The fourth-order valence-corrected chi connectivity index (χ4v) is 2.28. The molecule has 0 unspecified atom stereocenters. The van der Waals surface area contributed by atoms with Crippen LogP contribution in [0.4, 0.5) is 5.69 Å². The lowest BCUT2D eigenvalue weighted by Gasteiger charge is -2.05. The van der Waals surface area contributed by atoms with Crippen molar-refractivity contribution in [2.75, 3.05) is 0 Å². The first-order valence-electron chi connectivity index (χ1n) is 7.70. The van der Waals surface area contributed by atoms with E-state index in [0.29, 0.717) is 10.0 Å². The maximum Gasteiger partial charge on any atom is 0.214 e. The van der Waals surface area contributed by atoms with Crippen LogP contribution in [0.3, 0.4) is 0 Å². The normalized spacial score (nSPS) is 13.1. The molecule has 0 amide bonds. The minimum absolute atomic E-state index is 0.227.